The molecule has 1 aliphatic carbocycles. The van der Waals surface area contributed by atoms with Crippen molar-refractivity contribution in [2.45, 2.75) is 13.8 Å². The summed E-state index contributed by atoms with van der Waals surface area (Å²) in [6, 6.07) is 9.73. The first-order valence-electron chi connectivity index (χ1n) is 5.22. The minimum absolute atomic E-state index is 0.104. The van der Waals surface area contributed by atoms with E-state index in [1.165, 1.54) is 0 Å². The Morgan fingerprint density at radius 2 is 1.50 bits per heavy atom. The van der Waals surface area contributed by atoms with Crippen molar-refractivity contribution in [3.8, 4) is 0 Å². The highest BCUT2D eigenvalue weighted by Gasteiger charge is 2.13. The van der Waals surface area contributed by atoms with E-state index in [9.17, 15) is 4.79 Å². The lowest BCUT2D eigenvalue weighted by atomic mass is 9.98. The summed E-state index contributed by atoms with van der Waals surface area (Å²) in [4.78, 5) is 16.0. The van der Waals surface area contributed by atoms with Crippen LogP contribution in [0.15, 0.2) is 58.6 Å². The second-order valence-electron chi connectivity index (χ2n) is 3.86. The molecule has 0 radical (unpaired) electrons. The average Bonchev–Trinajstić information content (AvgIpc) is 2.27. The Hall–Kier alpha value is -1.96. The number of benzene rings is 1. The second-order valence-corrected chi connectivity index (χ2v) is 3.86. The SMILES string of the molecule is CC1=CC(=Nc2ccccc2)C=C(C)C1=O. The lowest BCUT2D eigenvalue weighted by Gasteiger charge is -2.08. The van der Waals surface area contributed by atoms with Gasteiger partial charge in [0, 0.05) is 0 Å². The fourth-order valence-electron chi connectivity index (χ4n) is 1.64. The van der Waals surface area contributed by atoms with Crippen molar-refractivity contribution in [2.24, 2.45) is 4.99 Å². The Morgan fingerprint density at radius 1 is 0.938 bits per heavy atom. The molecule has 0 saturated heterocycles. The van der Waals surface area contributed by atoms with Gasteiger partial charge >= 0.3 is 0 Å². The molecular formula is C14H13NO. The molecule has 2 nitrogen and oxygen atoms in total. The Bertz CT molecular complexity index is 483. The molecule has 1 aromatic rings. The van der Waals surface area contributed by atoms with E-state index in [4.69, 9.17) is 0 Å². The number of carbonyl (C=O) groups excluding carboxylic acids is 1. The number of hydrogen-bond acceptors (Lipinski definition) is 2. The van der Waals surface area contributed by atoms with Crippen LogP contribution < -0.4 is 0 Å². The molecule has 2 rings (SSSR count). The topological polar surface area (TPSA) is 29.4 Å². The number of hydrogen-bond donors (Lipinski definition) is 0. The van der Waals surface area contributed by atoms with E-state index in [0.29, 0.717) is 0 Å². The predicted molar refractivity (Wildman–Crippen MR) is 66.1 cm³/mol. The summed E-state index contributed by atoms with van der Waals surface area (Å²) in [6.45, 7) is 3.64. The number of nitrogens with zero attached hydrogens (tertiary/aromatic N) is 1. The van der Waals surface area contributed by atoms with Crippen LogP contribution in [0.25, 0.3) is 0 Å². The third-order valence-electron chi connectivity index (χ3n) is 2.46. The number of rotatable bonds is 1. The van der Waals surface area contributed by atoms with Crippen molar-refractivity contribution in [1.82, 2.24) is 0 Å². The van der Waals surface area contributed by atoms with Gasteiger partial charge in [-0.2, -0.15) is 0 Å². The summed E-state index contributed by atoms with van der Waals surface area (Å²) < 4.78 is 0. The lowest BCUT2D eigenvalue weighted by Crippen LogP contribution is -2.10. The number of allylic oxidation sites excluding steroid dienone is 4. The second kappa shape index (κ2) is 4.27. The normalized spacial score (nSPS) is 15.6. The smallest absolute Gasteiger partial charge is 0.184 e. The molecule has 0 saturated carbocycles. The summed E-state index contributed by atoms with van der Waals surface area (Å²) in [5.41, 5.74) is 3.23. The van der Waals surface area contributed by atoms with E-state index in [1.807, 2.05) is 56.3 Å². The predicted octanol–water partition coefficient (Wildman–Crippen LogP) is 3.23. The van der Waals surface area contributed by atoms with E-state index in [0.717, 1.165) is 22.5 Å². The van der Waals surface area contributed by atoms with Gasteiger partial charge in [0.2, 0.25) is 0 Å². The number of aliphatic imine (C=N–C) groups is 1. The van der Waals surface area contributed by atoms with Crippen LogP contribution in [-0.4, -0.2) is 11.5 Å². The fourth-order valence-corrected chi connectivity index (χ4v) is 1.64. The zero-order chi connectivity index (χ0) is 11.5. The van der Waals surface area contributed by atoms with Crippen LogP contribution in [-0.2, 0) is 4.79 Å². The van der Waals surface area contributed by atoms with Crippen molar-refractivity contribution in [1.29, 1.82) is 0 Å². The molecule has 0 N–H and O–H groups in total. The van der Waals surface area contributed by atoms with Gasteiger partial charge in [0.15, 0.2) is 5.78 Å². The molecule has 0 aromatic heterocycles. The van der Waals surface area contributed by atoms with Crippen LogP contribution in [0, 0.1) is 0 Å². The molecule has 0 bridgehead atoms. The van der Waals surface area contributed by atoms with Gasteiger partial charge in [-0.15, -0.1) is 0 Å². The number of ketones is 1. The van der Waals surface area contributed by atoms with E-state index < -0.39 is 0 Å². The van der Waals surface area contributed by atoms with Crippen molar-refractivity contribution < 1.29 is 4.79 Å². The van der Waals surface area contributed by atoms with Crippen LogP contribution in [0.1, 0.15) is 13.8 Å². The number of para-hydroxylation sites is 1. The zero-order valence-electron chi connectivity index (χ0n) is 9.40. The fraction of sp³-hybridized carbons (Fsp3) is 0.143. The number of carbonyl (C=O) groups is 1. The van der Waals surface area contributed by atoms with Crippen molar-refractivity contribution in [2.75, 3.05) is 0 Å². The highest BCUT2D eigenvalue weighted by atomic mass is 16.1. The lowest BCUT2D eigenvalue weighted by molar-refractivity contribution is -0.112. The molecule has 80 valence electrons. The Balaban J connectivity index is 2.37. The van der Waals surface area contributed by atoms with Gasteiger partial charge in [0.25, 0.3) is 0 Å². The van der Waals surface area contributed by atoms with Crippen LogP contribution in [0.5, 0.6) is 0 Å². The van der Waals surface area contributed by atoms with Gasteiger partial charge in [0.05, 0.1) is 11.4 Å². The monoisotopic (exact) mass is 211 g/mol. The van der Waals surface area contributed by atoms with Gasteiger partial charge in [-0.05, 0) is 49.3 Å². The average molecular weight is 211 g/mol. The van der Waals surface area contributed by atoms with Gasteiger partial charge in [-0.25, -0.2) is 4.99 Å². The molecule has 16 heavy (non-hydrogen) atoms. The summed E-state index contributed by atoms with van der Waals surface area (Å²) in [7, 11) is 0. The third kappa shape index (κ3) is 2.16. The van der Waals surface area contributed by atoms with Crippen molar-refractivity contribution >= 4 is 17.2 Å². The van der Waals surface area contributed by atoms with Crippen molar-refractivity contribution in [3.05, 3.63) is 53.6 Å². The summed E-state index contributed by atoms with van der Waals surface area (Å²) in [5.74, 6) is 0.104. The van der Waals surface area contributed by atoms with Gasteiger partial charge in [0.1, 0.15) is 0 Å². The molecule has 0 fully saturated rings. The molecule has 2 heteroatoms. The molecule has 0 unspecified atom stereocenters. The van der Waals surface area contributed by atoms with E-state index in [-0.39, 0.29) is 5.78 Å². The molecule has 1 aliphatic rings. The molecule has 1 aromatic carbocycles. The van der Waals surface area contributed by atoms with Crippen LogP contribution in [0.2, 0.25) is 0 Å². The molecule has 0 amide bonds. The summed E-state index contributed by atoms with van der Waals surface area (Å²) >= 11 is 0. The first kappa shape index (κ1) is 10.6. The maximum Gasteiger partial charge on any atom is 0.184 e. The van der Waals surface area contributed by atoms with Gasteiger partial charge < -0.3 is 0 Å². The van der Waals surface area contributed by atoms with Crippen LogP contribution in [0.4, 0.5) is 5.69 Å². The molecule has 0 atom stereocenters. The Morgan fingerprint density at radius 3 is 2.06 bits per heavy atom. The summed E-state index contributed by atoms with van der Waals surface area (Å²) in [6.07, 6.45) is 3.64. The zero-order valence-corrected chi connectivity index (χ0v) is 9.40. The molecular weight excluding hydrogens is 198 g/mol. The van der Waals surface area contributed by atoms with E-state index in [1.54, 1.807) is 0 Å². The minimum atomic E-state index is 0.104. The Kier molecular flexibility index (Phi) is 2.82. The van der Waals surface area contributed by atoms with Gasteiger partial charge in [-0.3, -0.25) is 4.79 Å². The summed E-state index contributed by atoms with van der Waals surface area (Å²) in [5, 5.41) is 0. The molecule has 0 spiro atoms. The first-order chi connectivity index (χ1) is 7.66. The third-order valence-corrected chi connectivity index (χ3v) is 2.46. The maximum atomic E-state index is 11.5. The van der Waals surface area contributed by atoms with E-state index >= 15 is 0 Å². The highest BCUT2D eigenvalue weighted by molar-refractivity contribution is 6.21. The molecule has 0 heterocycles. The highest BCUT2D eigenvalue weighted by Crippen LogP contribution is 2.16. The van der Waals surface area contributed by atoms with Gasteiger partial charge in [-0.1, -0.05) is 18.2 Å². The first-order valence-corrected chi connectivity index (χ1v) is 5.22. The van der Waals surface area contributed by atoms with Crippen LogP contribution >= 0.6 is 0 Å². The Labute approximate surface area is 95.0 Å². The van der Waals surface area contributed by atoms with E-state index in [2.05, 4.69) is 4.99 Å². The van der Waals surface area contributed by atoms with Crippen LogP contribution in [0.3, 0.4) is 0 Å². The quantitative estimate of drug-likeness (QED) is 0.656. The largest absolute Gasteiger partial charge is 0.289 e. The minimum Gasteiger partial charge on any atom is -0.289 e. The maximum absolute atomic E-state index is 11.5. The van der Waals surface area contributed by atoms with Crippen molar-refractivity contribution in [3.63, 3.8) is 0 Å². The standard InChI is InChI=1S/C14H13NO/c1-10-8-13(9-11(2)14(10)16)15-12-6-4-3-5-7-12/h3-9H,1-2H3. The molecule has 0 aliphatic heterocycles. The number of Topliss-reactive ketones (excluding diaryl/α,β-unsaturated/α-hetero) is 1.